The van der Waals surface area contributed by atoms with Gasteiger partial charge in [0.1, 0.15) is 5.82 Å². The third kappa shape index (κ3) is 3.83. The lowest BCUT2D eigenvalue weighted by Gasteiger charge is -2.13. The zero-order valence-corrected chi connectivity index (χ0v) is 16.4. The number of aryl methyl sites for hydroxylation is 1. The number of fused-ring (bicyclic) bond motifs is 1. The van der Waals surface area contributed by atoms with Gasteiger partial charge in [0.2, 0.25) is 5.91 Å². The van der Waals surface area contributed by atoms with Crippen LogP contribution < -0.4 is 10.9 Å². The third-order valence-corrected chi connectivity index (χ3v) is 6.21. The molecule has 0 saturated carbocycles. The normalized spacial score (nSPS) is 12.6. The van der Waals surface area contributed by atoms with Crippen LogP contribution in [0.25, 0.3) is 5.69 Å². The summed E-state index contributed by atoms with van der Waals surface area (Å²) < 4.78 is 15.3. The molecule has 0 unspecified atom stereocenters. The number of benzene rings is 2. The first-order valence-corrected chi connectivity index (χ1v) is 10.6. The van der Waals surface area contributed by atoms with Crippen LogP contribution in [-0.2, 0) is 11.2 Å². The smallest absolute Gasteiger partial charge is 0.272 e. The molecule has 2 heterocycles. The molecular formula is C20H16FN3O2S2. The van der Waals surface area contributed by atoms with E-state index in [1.165, 1.54) is 28.5 Å². The first-order chi connectivity index (χ1) is 13.6. The summed E-state index contributed by atoms with van der Waals surface area (Å²) in [6.45, 7) is 0. The maximum absolute atomic E-state index is 13.7. The van der Waals surface area contributed by atoms with Gasteiger partial charge in [0.05, 0.1) is 27.7 Å². The van der Waals surface area contributed by atoms with Gasteiger partial charge in [-0.05, 0) is 24.3 Å². The van der Waals surface area contributed by atoms with Crippen molar-refractivity contribution < 1.29 is 9.18 Å². The molecule has 0 spiro atoms. The van der Waals surface area contributed by atoms with Gasteiger partial charge in [-0.25, -0.2) is 9.37 Å². The number of aromatic nitrogens is 2. The van der Waals surface area contributed by atoms with Crippen molar-refractivity contribution in [3.05, 3.63) is 76.5 Å². The van der Waals surface area contributed by atoms with E-state index in [1.54, 1.807) is 12.1 Å². The summed E-state index contributed by atoms with van der Waals surface area (Å²) in [7, 11) is 0. The molecule has 1 amide bonds. The Labute approximate surface area is 169 Å². The van der Waals surface area contributed by atoms with Gasteiger partial charge < -0.3 is 5.32 Å². The number of carbonyl (C=O) groups is 1. The van der Waals surface area contributed by atoms with Gasteiger partial charge in [0, 0.05) is 12.2 Å². The van der Waals surface area contributed by atoms with E-state index in [9.17, 15) is 14.0 Å². The van der Waals surface area contributed by atoms with E-state index in [-0.39, 0.29) is 22.9 Å². The Bertz CT molecular complexity index is 1090. The summed E-state index contributed by atoms with van der Waals surface area (Å²) in [6, 6.07) is 15.2. The number of nitrogens with zero attached hydrogens (tertiary/aromatic N) is 2. The van der Waals surface area contributed by atoms with E-state index in [0.717, 1.165) is 29.6 Å². The van der Waals surface area contributed by atoms with Crippen LogP contribution in [0.5, 0.6) is 0 Å². The molecule has 4 rings (SSSR count). The average Bonchev–Trinajstić information content (AvgIpc) is 3.18. The van der Waals surface area contributed by atoms with Crippen molar-refractivity contribution in [1.29, 1.82) is 0 Å². The van der Waals surface area contributed by atoms with E-state index < -0.39 is 5.82 Å². The molecule has 0 fully saturated rings. The van der Waals surface area contributed by atoms with Crippen LogP contribution in [0.3, 0.4) is 0 Å². The molecule has 0 atom stereocenters. The minimum Gasteiger partial charge on any atom is -0.323 e. The van der Waals surface area contributed by atoms with Crippen LogP contribution in [-0.4, -0.2) is 27.0 Å². The van der Waals surface area contributed by atoms with Crippen molar-refractivity contribution >= 4 is 35.1 Å². The number of thioether (sulfide) groups is 2. The zero-order valence-electron chi connectivity index (χ0n) is 14.7. The number of hydrogen-bond donors (Lipinski definition) is 1. The lowest BCUT2D eigenvalue weighted by atomic mass is 10.3. The minimum absolute atomic E-state index is 0.0134. The van der Waals surface area contributed by atoms with Gasteiger partial charge in [-0.1, -0.05) is 42.1 Å². The molecule has 1 aromatic heterocycles. The van der Waals surface area contributed by atoms with Crippen LogP contribution in [0.15, 0.2) is 69.4 Å². The van der Waals surface area contributed by atoms with Crippen molar-refractivity contribution in [2.75, 3.05) is 16.8 Å². The zero-order chi connectivity index (χ0) is 19.5. The fourth-order valence-electron chi connectivity index (χ4n) is 2.87. The Kier molecular flexibility index (Phi) is 5.50. The molecule has 1 aliphatic rings. The van der Waals surface area contributed by atoms with Crippen LogP contribution >= 0.6 is 23.5 Å². The van der Waals surface area contributed by atoms with E-state index in [2.05, 4.69) is 10.3 Å². The predicted octanol–water partition coefficient (Wildman–Crippen LogP) is 3.75. The van der Waals surface area contributed by atoms with E-state index in [1.807, 2.05) is 30.3 Å². The first kappa shape index (κ1) is 18.8. The van der Waals surface area contributed by atoms with Crippen molar-refractivity contribution in [3.63, 3.8) is 0 Å². The number of halogens is 1. The van der Waals surface area contributed by atoms with Crippen LogP contribution in [0, 0.1) is 5.82 Å². The summed E-state index contributed by atoms with van der Waals surface area (Å²) in [6.07, 6.45) is 0.736. The first-order valence-electron chi connectivity index (χ1n) is 8.65. The predicted molar refractivity (Wildman–Crippen MR) is 110 cm³/mol. The topological polar surface area (TPSA) is 64.0 Å². The minimum atomic E-state index is -0.491. The highest BCUT2D eigenvalue weighted by Gasteiger charge is 2.23. The fourth-order valence-corrected chi connectivity index (χ4v) is 4.73. The molecule has 0 bridgehead atoms. The van der Waals surface area contributed by atoms with Gasteiger partial charge in [-0.3, -0.25) is 14.2 Å². The third-order valence-electron chi connectivity index (χ3n) is 4.16. The van der Waals surface area contributed by atoms with E-state index >= 15 is 0 Å². The van der Waals surface area contributed by atoms with Crippen LogP contribution in [0.4, 0.5) is 10.1 Å². The molecule has 0 saturated heterocycles. The SMILES string of the molecule is O=C(CSc1nc2c(c(=O)n1-c1ccccc1)SCC2)Nc1ccccc1F. The van der Waals surface area contributed by atoms with E-state index in [0.29, 0.717) is 15.7 Å². The number of hydrogen-bond acceptors (Lipinski definition) is 5. The van der Waals surface area contributed by atoms with Crippen molar-refractivity contribution in [2.45, 2.75) is 16.5 Å². The lowest BCUT2D eigenvalue weighted by molar-refractivity contribution is -0.113. The maximum Gasteiger partial charge on any atom is 0.272 e. The molecule has 142 valence electrons. The quantitative estimate of drug-likeness (QED) is 0.510. The number of anilines is 1. The molecule has 5 nitrogen and oxygen atoms in total. The number of rotatable bonds is 5. The van der Waals surface area contributed by atoms with Gasteiger partial charge in [0.15, 0.2) is 5.16 Å². The summed E-state index contributed by atoms with van der Waals surface area (Å²) >= 11 is 2.68. The maximum atomic E-state index is 13.7. The van der Waals surface area contributed by atoms with Gasteiger partial charge in [0.25, 0.3) is 5.56 Å². The lowest BCUT2D eigenvalue weighted by Crippen LogP contribution is -2.24. The Morgan fingerprint density at radius 3 is 2.71 bits per heavy atom. The average molecular weight is 413 g/mol. The molecular weight excluding hydrogens is 397 g/mol. The number of carbonyl (C=O) groups excluding carboxylic acids is 1. The highest BCUT2D eigenvalue weighted by atomic mass is 32.2. The van der Waals surface area contributed by atoms with Crippen molar-refractivity contribution in [2.24, 2.45) is 0 Å². The molecule has 0 aliphatic carbocycles. The Morgan fingerprint density at radius 1 is 1.18 bits per heavy atom. The monoisotopic (exact) mass is 413 g/mol. The van der Waals surface area contributed by atoms with Crippen LogP contribution in [0.1, 0.15) is 5.69 Å². The second-order valence-electron chi connectivity index (χ2n) is 6.06. The van der Waals surface area contributed by atoms with Crippen molar-refractivity contribution in [3.8, 4) is 5.69 Å². The Hall–Kier alpha value is -2.58. The van der Waals surface area contributed by atoms with Gasteiger partial charge in [-0.15, -0.1) is 11.8 Å². The molecule has 0 radical (unpaired) electrons. The largest absolute Gasteiger partial charge is 0.323 e. The van der Waals surface area contributed by atoms with Gasteiger partial charge in [-0.2, -0.15) is 0 Å². The molecule has 1 N–H and O–H groups in total. The number of nitrogens with one attached hydrogen (secondary N) is 1. The molecule has 8 heteroatoms. The second-order valence-corrected chi connectivity index (χ2v) is 8.11. The van der Waals surface area contributed by atoms with Crippen LogP contribution in [0.2, 0.25) is 0 Å². The summed E-state index contributed by atoms with van der Waals surface area (Å²) in [5.41, 5.74) is 1.49. The molecule has 28 heavy (non-hydrogen) atoms. The highest BCUT2D eigenvalue weighted by Crippen LogP contribution is 2.30. The molecule has 1 aliphatic heterocycles. The molecule has 2 aromatic carbocycles. The summed E-state index contributed by atoms with van der Waals surface area (Å²) in [5.74, 6) is -0.0121. The van der Waals surface area contributed by atoms with Crippen molar-refractivity contribution in [1.82, 2.24) is 9.55 Å². The Morgan fingerprint density at radius 2 is 1.93 bits per heavy atom. The molecule has 3 aromatic rings. The summed E-state index contributed by atoms with van der Waals surface area (Å²) in [4.78, 5) is 30.6. The van der Waals surface area contributed by atoms with E-state index in [4.69, 9.17) is 0 Å². The summed E-state index contributed by atoms with van der Waals surface area (Å²) in [5, 5.41) is 3.01. The Balaban J connectivity index is 1.61. The number of amides is 1. The standard InChI is InChI=1S/C20H16FN3O2S2/c21-14-8-4-5-9-15(14)22-17(25)12-28-20-23-16-10-11-27-18(16)19(26)24(20)13-6-2-1-3-7-13/h1-9H,10-12H2,(H,22,25). The fraction of sp³-hybridized carbons (Fsp3) is 0.150. The number of para-hydroxylation sites is 2. The highest BCUT2D eigenvalue weighted by molar-refractivity contribution is 8.00. The second kappa shape index (κ2) is 8.20. The van der Waals surface area contributed by atoms with Gasteiger partial charge >= 0.3 is 0 Å².